The molecular formula is C15H23ClN4O. The molecule has 0 bridgehead atoms. The number of nitrogens with zero attached hydrogens (tertiary/aromatic N) is 1. The Kier molecular flexibility index (Phi) is 8.28. The minimum absolute atomic E-state index is 0.0532. The van der Waals surface area contributed by atoms with Crippen LogP contribution in [0, 0.1) is 0 Å². The quantitative estimate of drug-likeness (QED) is 0.532. The van der Waals surface area contributed by atoms with E-state index in [0.29, 0.717) is 25.5 Å². The van der Waals surface area contributed by atoms with E-state index in [1.807, 2.05) is 31.2 Å². The van der Waals surface area contributed by atoms with E-state index >= 15 is 0 Å². The first-order chi connectivity index (χ1) is 10.2. The Labute approximate surface area is 131 Å². The third kappa shape index (κ3) is 7.56. The minimum Gasteiger partial charge on any atom is -0.356 e. The maximum Gasteiger partial charge on any atom is 0.221 e. The van der Waals surface area contributed by atoms with Crippen molar-refractivity contribution in [2.45, 2.75) is 26.3 Å². The van der Waals surface area contributed by atoms with Crippen molar-refractivity contribution < 1.29 is 4.79 Å². The van der Waals surface area contributed by atoms with E-state index in [4.69, 9.17) is 11.6 Å². The zero-order chi connectivity index (χ0) is 15.5. The number of amides is 1. The zero-order valence-electron chi connectivity index (χ0n) is 12.6. The first kappa shape index (κ1) is 17.3. The van der Waals surface area contributed by atoms with Crippen LogP contribution in [0.2, 0.25) is 5.02 Å². The van der Waals surface area contributed by atoms with Gasteiger partial charge < -0.3 is 16.0 Å². The second kappa shape index (κ2) is 10.0. The van der Waals surface area contributed by atoms with Gasteiger partial charge in [0.1, 0.15) is 0 Å². The van der Waals surface area contributed by atoms with Gasteiger partial charge in [0.2, 0.25) is 5.91 Å². The predicted molar refractivity (Wildman–Crippen MR) is 87.6 cm³/mol. The van der Waals surface area contributed by atoms with E-state index in [-0.39, 0.29) is 5.91 Å². The van der Waals surface area contributed by atoms with E-state index in [0.717, 1.165) is 23.6 Å². The average Bonchev–Trinajstić information content (AvgIpc) is 2.50. The van der Waals surface area contributed by atoms with Gasteiger partial charge in [0, 0.05) is 38.1 Å². The molecule has 0 unspecified atom stereocenters. The van der Waals surface area contributed by atoms with Crippen molar-refractivity contribution in [1.29, 1.82) is 0 Å². The van der Waals surface area contributed by atoms with E-state index in [2.05, 4.69) is 20.9 Å². The Hall–Kier alpha value is -1.75. The molecule has 6 heteroatoms. The lowest BCUT2D eigenvalue weighted by molar-refractivity contribution is -0.120. The Morgan fingerprint density at radius 1 is 1.14 bits per heavy atom. The van der Waals surface area contributed by atoms with Crippen molar-refractivity contribution in [1.82, 2.24) is 16.0 Å². The molecule has 1 rings (SSSR count). The molecule has 3 N–H and O–H groups in total. The highest BCUT2D eigenvalue weighted by Crippen LogP contribution is 2.08. The average molecular weight is 311 g/mol. The molecule has 5 nitrogen and oxygen atoms in total. The molecule has 0 radical (unpaired) electrons. The van der Waals surface area contributed by atoms with Crippen molar-refractivity contribution >= 4 is 23.5 Å². The Bertz CT molecular complexity index is 459. The lowest BCUT2D eigenvalue weighted by atomic mass is 10.2. The first-order valence-corrected chi connectivity index (χ1v) is 7.49. The fourth-order valence-corrected chi connectivity index (χ4v) is 1.78. The third-order valence-electron chi connectivity index (χ3n) is 2.81. The smallest absolute Gasteiger partial charge is 0.221 e. The molecule has 0 saturated heterocycles. The van der Waals surface area contributed by atoms with E-state index in [1.54, 1.807) is 7.05 Å². The van der Waals surface area contributed by atoms with Crippen LogP contribution in [0.15, 0.2) is 29.3 Å². The molecule has 0 aliphatic rings. The van der Waals surface area contributed by atoms with E-state index in [9.17, 15) is 4.79 Å². The number of hydrogen-bond acceptors (Lipinski definition) is 2. The molecule has 0 aliphatic heterocycles. The molecule has 0 saturated carbocycles. The summed E-state index contributed by atoms with van der Waals surface area (Å²) in [5, 5.41) is 9.85. The van der Waals surface area contributed by atoms with Crippen LogP contribution < -0.4 is 16.0 Å². The van der Waals surface area contributed by atoms with Crippen molar-refractivity contribution in [3.05, 3.63) is 34.9 Å². The number of benzene rings is 1. The number of carbonyl (C=O) groups is 1. The number of hydrogen-bond donors (Lipinski definition) is 3. The fraction of sp³-hybridized carbons (Fsp3) is 0.467. The van der Waals surface area contributed by atoms with Crippen LogP contribution in [0.4, 0.5) is 0 Å². The summed E-state index contributed by atoms with van der Waals surface area (Å²) >= 11 is 5.84. The summed E-state index contributed by atoms with van der Waals surface area (Å²) in [4.78, 5) is 15.6. The third-order valence-corrected chi connectivity index (χ3v) is 3.07. The number of guanidine groups is 1. The SMILES string of the molecule is CCCNC(=O)CCNC(=NC)NCc1ccc(Cl)cc1. The fourth-order valence-electron chi connectivity index (χ4n) is 1.66. The Balaban J connectivity index is 2.26. The summed E-state index contributed by atoms with van der Waals surface area (Å²) < 4.78 is 0. The summed E-state index contributed by atoms with van der Waals surface area (Å²) in [7, 11) is 1.70. The topological polar surface area (TPSA) is 65.5 Å². The number of rotatable bonds is 7. The first-order valence-electron chi connectivity index (χ1n) is 7.11. The normalized spacial score (nSPS) is 11.1. The number of nitrogens with one attached hydrogen (secondary N) is 3. The molecule has 0 fully saturated rings. The molecule has 1 amide bonds. The van der Waals surface area contributed by atoms with Gasteiger partial charge >= 0.3 is 0 Å². The molecule has 0 spiro atoms. The van der Waals surface area contributed by atoms with Crippen molar-refractivity contribution in [2.75, 3.05) is 20.1 Å². The second-order valence-electron chi connectivity index (χ2n) is 4.58. The molecular weight excluding hydrogens is 288 g/mol. The van der Waals surface area contributed by atoms with Crippen LogP contribution in [-0.2, 0) is 11.3 Å². The molecule has 0 aliphatic carbocycles. The molecule has 0 heterocycles. The monoisotopic (exact) mass is 310 g/mol. The predicted octanol–water partition coefficient (Wildman–Crippen LogP) is 1.92. The van der Waals surface area contributed by atoms with Crippen LogP contribution in [0.5, 0.6) is 0 Å². The standard InChI is InChI=1S/C15H23ClN4O/c1-3-9-18-14(21)8-10-19-15(17-2)20-11-12-4-6-13(16)7-5-12/h4-7H,3,8-11H2,1-2H3,(H,18,21)(H2,17,19,20). The largest absolute Gasteiger partial charge is 0.356 e. The van der Waals surface area contributed by atoms with Gasteiger partial charge in [-0.15, -0.1) is 0 Å². The van der Waals surface area contributed by atoms with Crippen LogP contribution in [0.1, 0.15) is 25.3 Å². The van der Waals surface area contributed by atoms with Crippen molar-refractivity contribution in [3.8, 4) is 0 Å². The lowest BCUT2D eigenvalue weighted by Crippen LogP contribution is -2.39. The molecule has 1 aromatic carbocycles. The van der Waals surface area contributed by atoms with Gasteiger partial charge in [0.05, 0.1) is 0 Å². The summed E-state index contributed by atoms with van der Waals surface area (Å²) in [6, 6.07) is 7.63. The van der Waals surface area contributed by atoms with Crippen LogP contribution >= 0.6 is 11.6 Å². The van der Waals surface area contributed by atoms with E-state index in [1.165, 1.54) is 0 Å². The molecule has 116 valence electrons. The molecule has 21 heavy (non-hydrogen) atoms. The Morgan fingerprint density at radius 3 is 2.48 bits per heavy atom. The summed E-state index contributed by atoms with van der Waals surface area (Å²) in [5.41, 5.74) is 1.11. The van der Waals surface area contributed by atoms with Gasteiger partial charge in [0.15, 0.2) is 5.96 Å². The van der Waals surface area contributed by atoms with Gasteiger partial charge in [0.25, 0.3) is 0 Å². The van der Waals surface area contributed by atoms with Crippen molar-refractivity contribution in [2.24, 2.45) is 4.99 Å². The maximum absolute atomic E-state index is 11.5. The second-order valence-corrected chi connectivity index (χ2v) is 5.02. The lowest BCUT2D eigenvalue weighted by Gasteiger charge is -2.12. The molecule has 0 aromatic heterocycles. The van der Waals surface area contributed by atoms with Crippen LogP contribution in [0.3, 0.4) is 0 Å². The van der Waals surface area contributed by atoms with E-state index < -0.39 is 0 Å². The molecule has 0 atom stereocenters. The number of aliphatic imine (C=N–C) groups is 1. The van der Waals surface area contributed by atoms with Crippen LogP contribution in [0.25, 0.3) is 0 Å². The van der Waals surface area contributed by atoms with Gasteiger partial charge in [-0.25, -0.2) is 0 Å². The maximum atomic E-state index is 11.5. The van der Waals surface area contributed by atoms with Gasteiger partial charge in [-0.1, -0.05) is 30.7 Å². The minimum atomic E-state index is 0.0532. The highest BCUT2D eigenvalue weighted by Gasteiger charge is 2.02. The summed E-state index contributed by atoms with van der Waals surface area (Å²) in [6.45, 7) is 3.96. The molecule has 1 aromatic rings. The van der Waals surface area contributed by atoms with Crippen LogP contribution in [-0.4, -0.2) is 32.0 Å². The highest BCUT2D eigenvalue weighted by molar-refractivity contribution is 6.30. The summed E-state index contributed by atoms with van der Waals surface area (Å²) in [5.74, 6) is 0.728. The Morgan fingerprint density at radius 2 is 1.86 bits per heavy atom. The van der Waals surface area contributed by atoms with Gasteiger partial charge in [-0.3, -0.25) is 9.79 Å². The highest BCUT2D eigenvalue weighted by atomic mass is 35.5. The number of carbonyl (C=O) groups excluding carboxylic acids is 1. The van der Waals surface area contributed by atoms with Crippen molar-refractivity contribution in [3.63, 3.8) is 0 Å². The van der Waals surface area contributed by atoms with Gasteiger partial charge in [-0.05, 0) is 24.1 Å². The number of halogens is 1. The van der Waals surface area contributed by atoms with Gasteiger partial charge in [-0.2, -0.15) is 0 Å². The summed E-state index contributed by atoms with van der Waals surface area (Å²) in [6.07, 6.45) is 1.38. The zero-order valence-corrected chi connectivity index (χ0v) is 13.3.